The maximum Gasteiger partial charge on any atom is 0.267 e. The molecule has 0 unspecified atom stereocenters. The summed E-state index contributed by atoms with van der Waals surface area (Å²) in [6.07, 6.45) is 2.45. The summed E-state index contributed by atoms with van der Waals surface area (Å²) in [5.41, 5.74) is 1.75. The van der Waals surface area contributed by atoms with Crippen LogP contribution in [0.4, 0.5) is 20.2 Å². The maximum atomic E-state index is 13.8. The molecule has 5 nitrogen and oxygen atoms in total. The summed E-state index contributed by atoms with van der Waals surface area (Å²) in [6.45, 7) is 0.558. The van der Waals surface area contributed by atoms with Gasteiger partial charge in [0.15, 0.2) is 4.90 Å². The van der Waals surface area contributed by atoms with Gasteiger partial charge in [0.2, 0.25) is 5.91 Å². The third kappa shape index (κ3) is 2.94. The van der Waals surface area contributed by atoms with E-state index in [2.05, 4.69) is 4.72 Å². The molecule has 8 heteroatoms. The second-order valence-electron chi connectivity index (χ2n) is 6.51. The second kappa shape index (κ2) is 6.05. The van der Waals surface area contributed by atoms with E-state index in [-0.39, 0.29) is 17.5 Å². The number of nitrogens with zero attached hydrogens (tertiary/aromatic N) is 1. The average Bonchev–Trinajstić information content (AvgIpc) is 3.33. The van der Waals surface area contributed by atoms with E-state index in [1.807, 2.05) is 0 Å². The summed E-state index contributed by atoms with van der Waals surface area (Å²) in [7, 11) is -4.44. The quantitative estimate of drug-likeness (QED) is 0.889. The van der Waals surface area contributed by atoms with Gasteiger partial charge in [-0.3, -0.25) is 9.52 Å². The first-order chi connectivity index (χ1) is 12.4. The van der Waals surface area contributed by atoms with Crippen LogP contribution < -0.4 is 9.62 Å². The van der Waals surface area contributed by atoms with Gasteiger partial charge >= 0.3 is 0 Å². The first-order valence-electron chi connectivity index (χ1n) is 8.28. The molecule has 0 aromatic heterocycles. The average molecular weight is 378 g/mol. The van der Waals surface area contributed by atoms with Crippen molar-refractivity contribution in [1.29, 1.82) is 0 Å². The molecule has 1 aliphatic heterocycles. The maximum absolute atomic E-state index is 13.8. The lowest BCUT2D eigenvalue weighted by atomic mass is 10.1. The van der Waals surface area contributed by atoms with E-state index in [1.165, 1.54) is 6.07 Å². The number of nitrogens with one attached hydrogen (secondary N) is 1. The van der Waals surface area contributed by atoms with E-state index in [9.17, 15) is 22.0 Å². The number of benzene rings is 2. The zero-order valence-electron chi connectivity index (χ0n) is 13.7. The Morgan fingerprint density at radius 2 is 1.81 bits per heavy atom. The number of hydrogen-bond acceptors (Lipinski definition) is 3. The summed E-state index contributed by atoms with van der Waals surface area (Å²) in [6, 6.07) is 7.66. The number of halogens is 2. The van der Waals surface area contributed by atoms with Gasteiger partial charge in [-0.05, 0) is 49.1 Å². The molecule has 2 aliphatic rings. The topological polar surface area (TPSA) is 66.5 Å². The van der Waals surface area contributed by atoms with Crippen molar-refractivity contribution in [3.05, 3.63) is 53.6 Å². The molecular formula is C18H16F2N2O3S. The Labute approximate surface area is 149 Å². The predicted octanol–water partition coefficient (Wildman–Crippen LogP) is 3.06. The van der Waals surface area contributed by atoms with Crippen LogP contribution in [-0.2, 0) is 21.2 Å². The van der Waals surface area contributed by atoms with Crippen molar-refractivity contribution < 1.29 is 22.0 Å². The smallest absolute Gasteiger partial charge is 0.267 e. The van der Waals surface area contributed by atoms with Crippen molar-refractivity contribution in [2.45, 2.75) is 24.2 Å². The van der Waals surface area contributed by atoms with Gasteiger partial charge in [0, 0.05) is 18.2 Å². The minimum Gasteiger partial charge on any atom is -0.312 e. The molecule has 26 heavy (non-hydrogen) atoms. The van der Waals surface area contributed by atoms with E-state index in [0.29, 0.717) is 18.7 Å². The van der Waals surface area contributed by atoms with Crippen molar-refractivity contribution in [3.63, 3.8) is 0 Å². The fourth-order valence-electron chi connectivity index (χ4n) is 3.17. The number of rotatable bonds is 4. The predicted molar refractivity (Wildman–Crippen MR) is 92.4 cm³/mol. The van der Waals surface area contributed by atoms with Gasteiger partial charge in [0.05, 0.1) is 5.69 Å². The zero-order chi connectivity index (χ0) is 18.5. The highest BCUT2D eigenvalue weighted by molar-refractivity contribution is 7.92. The lowest BCUT2D eigenvalue weighted by Crippen LogP contribution is -2.30. The molecular weight excluding hydrogens is 362 g/mol. The minimum absolute atomic E-state index is 0.0453. The van der Waals surface area contributed by atoms with Crippen molar-refractivity contribution in [2.75, 3.05) is 16.2 Å². The molecule has 1 N–H and O–H groups in total. The van der Waals surface area contributed by atoms with Crippen LogP contribution in [0.25, 0.3) is 0 Å². The van der Waals surface area contributed by atoms with Gasteiger partial charge in [-0.15, -0.1) is 0 Å². The molecule has 1 aliphatic carbocycles. The van der Waals surface area contributed by atoms with E-state index in [1.54, 1.807) is 17.0 Å². The summed E-state index contributed by atoms with van der Waals surface area (Å²) in [5, 5.41) is 0. The number of amides is 1. The number of hydrogen-bond donors (Lipinski definition) is 1. The highest BCUT2D eigenvalue weighted by atomic mass is 32.2. The fourth-order valence-corrected chi connectivity index (χ4v) is 4.36. The van der Waals surface area contributed by atoms with Gasteiger partial charge < -0.3 is 4.90 Å². The normalized spacial score (nSPS) is 16.5. The van der Waals surface area contributed by atoms with Crippen LogP contribution in [0.3, 0.4) is 0 Å². The number of carbonyl (C=O) groups excluding carboxylic acids is 1. The molecule has 0 spiro atoms. The Hall–Kier alpha value is -2.48. The molecule has 0 saturated heterocycles. The summed E-state index contributed by atoms with van der Waals surface area (Å²) >= 11 is 0. The number of carbonyl (C=O) groups is 1. The monoisotopic (exact) mass is 378 g/mol. The van der Waals surface area contributed by atoms with Crippen LogP contribution in [0, 0.1) is 17.6 Å². The molecule has 2 aromatic carbocycles. The molecule has 0 atom stereocenters. The largest absolute Gasteiger partial charge is 0.312 e. The highest BCUT2D eigenvalue weighted by Crippen LogP contribution is 2.37. The van der Waals surface area contributed by atoms with E-state index in [4.69, 9.17) is 0 Å². The summed E-state index contributed by atoms with van der Waals surface area (Å²) < 4.78 is 54.7. The Morgan fingerprint density at radius 1 is 1.12 bits per heavy atom. The SMILES string of the molecule is O=C(C1CC1)N1CCc2ccc(NS(=O)(=O)c3c(F)cccc3F)cc21. The van der Waals surface area contributed by atoms with E-state index in [0.717, 1.165) is 36.6 Å². The van der Waals surface area contributed by atoms with Gasteiger partial charge in [-0.1, -0.05) is 12.1 Å². The Bertz CT molecular complexity index is 983. The van der Waals surface area contributed by atoms with E-state index >= 15 is 0 Å². The van der Waals surface area contributed by atoms with Crippen LogP contribution in [0.1, 0.15) is 18.4 Å². The van der Waals surface area contributed by atoms with Crippen LogP contribution in [-0.4, -0.2) is 20.9 Å². The van der Waals surface area contributed by atoms with Crippen molar-refractivity contribution in [2.24, 2.45) is 5.92 Å². The summed E-state index contributed by atoms with van der Waals surface area (Å²) in [5.74, 6) is -2.23. The number of anilines is 2. The second-order valence-corrected chi connectivity index (χ2v) is 8.13. The standard InChI is InChI=1S/C18H16F2N2O3S/c19-14-2-1-3-15(20)17(14)26(24,25)21-13-7-6-11-8-9-22(16(11)10-13)18(23)12-4-5-12/h1-3,6-7,10,12,21H,4-5,8-9H2. The lowest BCUT2D eigenvalue weighted by Gasteiger charge is -2.18. The van der Waals surface area contributed by atoms with Gasteiger partial charge in [-0.2, -0.15) is 0 Å². The van der Waals surface area contributed by atoms with Crippen molar-refractivity contribution in [3.8, 4) is 0 Å². The lowest BCUT2D eigenvalue weighted by molar-refractivity contribution is -0.119. The minimum atomic E-state index is -4.44. The Balaban J connectivity index is 1.65. The first-order valence-corrected chi connectivity index (χ1v) is 9.76. The molecule has 136 valence electrons. The van der Waals surface area contributed by atoms with Gasteiger partial charge in [0.1, 0.15) is 11.6 Å². The summed E-state index contributed by atoms with van der Waals surface area (Å²) in [4.78, 5) is 13.0. The third-order valence-electron chi connectivity index (χ3n) is 4.61. The molecule has 1 fully saturated rings. The van der Waals surface area contributed by atoms with Crippen molar-refractivity contribution in [1.82, 2.24) is 0 Å². The zero-order valence-corrected chi connectivity index (χ0v) is 14.5. The van der Waals surface area contributed by atoms with Crippen LogP contribution >= 0.6 is 0 Å². The molecule has 1 saturated carbocycles. The molecule has 0 radical (unpaired) electrons. The first kappa shape index (κ1) is 17.0. The number of fused-ring (bicyclic) bond motifs is 1. The van der Waals surface area contributed by atoms with Crippen LogP contribution in [0.5, 0.6) is 0 Å². The Morgan fingerprint density at radius 3 is 2.46 bits per heavy atom. The van der Waals surface area contributed by atoms with Crippen LogP contribution in [0.15, 0.2) is 41.3 Å². The number of sulfonamides is 1. The molecule has 0 bridgehead atoms. The fraction of sp³-hybridized carbons (Fsp3) is 0.278. The third-order valence-corrected chi connectivity index (χ3v) is 6.05. The van der Waals surface area contributed by atoms with Gasteiger partial charge in [0.25, 0.3) is 10.0 Å². The Kier molecular flexibility index (Phi) is 3.95. The van der Waals surface area contributed by atoms with Crippen molar-refractivity contribution >= 4 is 27.3 Å². The molecule has 4 rings (SSSR count). The molecule has 1 amide bonds. The van der Waals surface area contributed by atoms with Gasteiger partial charge in [-0.25, -0.2) is 17.2 Å². The molecule has 2 aromatic rings. The highest BCUT2D eigenvalue weighted by Gasteiger charge is 2.36. The van der Waals surface area contributed by atoms with Crippen LogP contribution in [0.2, 0.25) is 0 Å². The van der Waals surface area contributed by atoms with E-state index < -0.39 is 26.6 Å². The molecule has 1 heterocycles.